The Balaban J connectivity index is 2.12. The molecule has 1 fully saturated rings. The predicted molar refractivity (Wildman–Crippen MR) is 222 cm³/mol. The van der Waals surface area contributed by atoms with Crippen molar-refractivity contribution in [3.05, 3.63) is 47.5 Å². The molecular formula is C46H80O5Si. The summed E-state index contributed by atoms with van der Waals surface area (Å²) in [5.41, 5.74) is 2.96. The standard InChI is InChI=1S/C46H80O5Si/c1-9-11-13-14-15-16-17-20-24-39-28-30-40(31-29-39)32-35-52(37(3)4,38(5)6)51-44-36-43(47)41(25-21-18-19-22-27-45(48)50-8)42(44)26-23-34-46(7,49)33-12-10-2/h23,26,28-31,37-38,41-42,44,49H,9-22,24-25,27,32-36H2,1-8H3/b26-23+/t41-,42-,44?,46?/m1/s1. The fourth-order valence-corrected chi connectivity index (χ4v) is 13.1. The summed E-state index contributed by atoms with van der Waals surface area (Å²) in [6.07, 6.45) is 26.3. The van der Waals surface area contributed by atoms with Crippen molar-refractivity contribution in [2.45, 2.75) is 212 Å². The van der Waals surface area contributed by atoms with Crippen LogP contribution >= 0.6 is 0 Å². The molecule has 52 heavy (non-hydrogen) atoms. The number of hydrogen-bond acceptors (Lipinski definition) is 5. The van der Waals surface area contributed by atoms with Crippen LogP contribution in [0.2, 0.25) is 17.1 Å². The Labute approximate surface area is 321 Å². The van der Waals surface area contributed by atoms with E-state index in [1.165, 1.54) is 76.0 Å². The molecule has 0 saturated heterocycles. The van der Waals surface area contributed by atoms with E-state index in [0.29, 0.717) is 36.1 Å². The first-order valence-electron chi connectivity index (χ1n) is 21.6. The van der Waals surface area contributed by atoms with E-state index in [-0.39, 0.29) is 23.9 Å². The van der Waals surface area contributed by atoms with E-state index in [1.54, 1.807) is 0 Å². The average Bonchev–Trinajstić information content (AvgIpc) is 3.40. The van der Waals surface area contributed by atoms with Gasteiger partial charge in [0.25, 0.3) is 0 Å². The first kappa shape index (κ1) is 46.4. The Bertz CT molecular complexity index is 1130. The summed E-state index contributed by atoms with van der Waals surface area (Å²) >= 11 is 0. The zero-order valence-electron chi connectivity index (χ0n) is 35.0. The molecule has 298 valence electrons. The van der Waals surface area contributed by atoms with Crippen molar-refractivity contribution in [2.24, 2.45) is 11.8 Å². The fourth-order valence-electron chi connectivity index (χ4n) is 8.45. The lowest BCUT2D eigenvalue weighted by Crippen LogP contribution is -2.48. The van der Waals surface area contributed by atoms with Crippen LogP contribution in [0, 0.1) is 11.8 Å². The Hall–Kier alpha value is -1.76. The van der Waals surface area contributed by atoms with Gasteiger partial charge in [-0.2, -0.15) is 0 Å². The number of aliphatic hydroxyl groups is 1. The number of hydrogen-bond donors (Lipinski definition) is 1. The lowest BCUT2D eigenvalue weighted by molar-refractivity contribution is -0.140. The smallest absolute Gasteiger partial charge is 0.305 e. The maximum absolute atomic E-state index is 13.7. The van der Waals surface area contributed by atoms with Gasteiger partial charge in [-0.25, -0.2) is 0 Å². The molecule has 1 aliphatic rings. The summed E-state index contributed by atoms with van der Waals surface area (Å²) in [4.78, 5) is 25.3. The zero-order valence-corrected chi connectivity index (χ0v) is 36.0. The minimum Gasteiger partial charge on any atom is -0.469 e. The Morgan fingerprint density at radius 3 is 2.00 bits per heavy atom. The number of esters is 1. The third-order valence-electron chi connectivity index (χ3n) is 12.0. The fraction of sp³-hybridized carbons (Fsp3) is 0.783. The van der Waals surface area contributed by atoms with Gasteiger partial charge in [0.2, 0.25) is 0 Å². The molecule has 1 aromatic rings. The molecule has 0 radical (unpaired) electrons. The molecule has 0 aliphatic heterocycles. The normalized spacial score (nSPS) is 19.3. The van der Waals surface area contributed by atoms with Gasteiger partial charge in [-0.1, -0.05) is 155 Å². The predicted octanol–water partition coefficient (Wildman–Crippen LogP) is 12.7. The van der Waals surface area contributed by atoms with E-state index in [4.69, 9.17) is 9.16 Å². The highest BCUT2D eigenvalue weighted by molar-refractivity contribution is 6.76. The van der Waals surface area contributed by atoms with E-state index in [9.17, 15) is 14.7 Å². The maximum atomic E-state index is 13.7. The maximum Gasteiger partial charge on any atom is 0.305 e. The van der Waals surface area contributed by atoms with Crippen LogP contribution < -0.4 is 0 Å². The van der Waals surface area contributed by atoms with Gasteiger partial charge in [0.15, 0.2) is 8.32 Å². The Morgan fingerprint density at radius 2 is 1.40 bits per heavy atom. The van der Waals surface area contributed by atoms with E-state index >= 15 is 0 Å². The molecule has 5 nitrogen and oxygen atoms in total. The average molecular weight is 741 g/mol. The minimum atomic E-state index is -2.29. The summed E-state index contributed by atoms with van der Waals surface area (Å²) in [6.45, 7) is 15.8. The van der Waals surface area contributed by atoms with Gasteiger partial charge in [-0.3, -0.25) is 9.59 Å². The molecule has 0 spiro atoms. The molecule has 2 rings (SSSR count). The summed E-state index contributed by atoms with van der Waals surface area (Å²) < 4.78 is 12.3. The summed E-state index contributed by atoms with van der Waals surface area (Å²) in [5, 5.41) is 11.0. The Morgan fingerprint density at radius 1 is 0.846 bits per heavy atom. The first-order chi connectivity index (χ1) is 24.9. The SMILES string of the molecule is CCCCCCCCCCc1ccc(CC[Si](OC2CC(=O)[C@H](CCCCCCC(=O)OC)[C@H]2/C=C/CC(C)(O)CCCC)(C(C)C)C(C)C)cc1. The number of carbonyl (C=O) groups is 2. The van der Waals surface area contributed by atoms with Crippen molar-refractivity contribution in [2.75, 3.05) is 7.11 Å². The molecule has 1 saturated carbocycles. The molecule has 0 amide bonds. The molecule has 2 unspecified atom stereocenters. The second-order valence-corrected chi connectivity index (χ2v) is 22.0. The van der Waals surface area contributed by atoms with E-state index in [1.807, 2.05) is 6.92 Å². The second kappa shape index (κ2) is 25.3. The number of ketones is 1. The topological polar surface area (TPSA) is 72.8 Å². The molecule has 6 heteroatoms. The van der Waals surface area contributed by atoms with E-state index in [2.05, 4.69) is 78.0 Å². The van der Waals surface area contributed by atoms with Crippen LogP contribution in [0.3, 0.4) is 0 Å². The Kier molecular flexibility index (Phi) is 22.6. The van der Waals surface area contributed by atoms with Crippen LogP contribution in [-0.2, 0) is 31.6 Å². The first-order valence-corrected chi connectivity index (χ1v) is 23.9. The number of rotatable bonds is 29. The lowest BCUT2D eigenvalue weighted by atomic mass is 9.87. The number of methoxy groups -OCH3 is 1. The van der Waals surface area contributed by atoms with Crippen molar-refractivity contribution < 1.29 is 23.9 Å². The largest absolute Gasteiger partial charge is 0.469 e. The molecule has 0 aromatic heterocycles. The van der Waals surface area contributed by atoms with Crippen LogP contribution in [0.25, 0.3) is 0 Å². The molecule has 1 aliphatic carbocycles. The quantitative estimate of drug-likeness (QED) is 0.0383. The van der Waals surface area contributed by atoms with Crippen LogP contribution in [-0.4, -0.2) is 44.0 Å². The second-order valence-electron chi connectivity index (χ2n) is 17.1. The summed E-state index contributed by atoms with van der Waals surface area (Å²) in [5.74, 6) is 0.154. The third-order valence-corrected chi connectivity index (χ3v) is 17.7. The van der Waals surface area contributed by atoms with Gasteiger partial charge >= 0.3 is 5.97 Å². The van der Waals surface area contributed by atoms with Crippen LogP contribution in [0.1, 0.15) is 182 Å². The van der Waals surface area contributed by atoms with Gasteiger partial charge in [-0.05, 0) is 80.1 Å². The number of Topliss-reactive ketones (excluding diaryl/α,β-unsaturated/α-hetero) is 1. The summed E-state index contributed by atoms with van der Waals surface area (Å²) in [6, 6.07) is 10.4. The number of benzene rings is 1. The highest BCUT2D eigenvalue weighted by atomic mass is 28.4. The van der Waals surface area contributed by atoms with Crippen LogP contribution in [0.4, 0.5) is 0 Å². The van der Waals surface area contributed by atoms with Crippen LogP contribution in [0.15, 0.2) is 36.4 Å². The molecule has 1 N–H and O–H groups in total. The lowest BCUT2D eigenvalue weighted by Gasteiger charge is -2.42. The number of aryl methyl sites for hydroxylation is 2. The molecule has 1 aromatic carbocycles. The van der Waals surface area contributed by atoms with Crippen molar-refractivity contribution >= 4 is 20.1 Å². The molecule has 0 bridgehead atoms. The van der Waals surface area contributed by atoms with Crippen molar-refractivity contribution in [1.82, 2.24) is 0 Å². The zero-order chi connectivity index (χ0) is 38.4. The highest BCUT2D eigenvalue weighted by Gasteiger charge is 2.49. The summed E-state index contributed by atoms with van der Waals surface area (Å²) in [7, 11) is -0.851. The highest BCUT2D eigenvalue weighted by Crippen LogP contribution is 2.44. The van der Waals surface area contributed by atoms with Gasteiger partial charge in [-0.15, -0.1) is 0 Å². The van der Waals surface area contributed by atoms with Gasteiger partial charge in [0.05, 0.1) is 18.8 Å². The van der Waals surface area contributed by atoms with Crippen molar-refractivity contribution in [3.8, 4) is 0 Å². The monoisotopic (exact) mass is 741 g/mol. The van der Waals surface area contributed by atoms with E-state index < -0.39 is 13.9 Å². The molecular weight excluding hydrogens is 661 g/mol. The van der Waals surface area contributed by atoms with Crippen molar-refractivity contribution in [1.29, 1.82) is 0 Å². The third kappa shape index (κ3) is 16.7. The molecule has 4 atom stereocenters. The number of unbranched alkanes of at least 4 members (excludes halogenated alkanes) is 11. The van der Waals surface area contributed by atoms with Crippen molar-refractivity contribution in [3.63, 3.8) is 0 Å². The van der Waals surface area contributed by atoms with Gasteiger partial charge < -0.3 is 14.3 Å². The van der Waals surface area contributed by atoms with Gasteiger partial charge in [0, 0.05) is 24.7 Å². The van der Waals surface area contributed by atoms with Crippen LogP contribution in [0.5, 0.6) is 0 Å². The minimum absolute atomic E-state index is 0.0320. The number of ether oxygens (including phenoxy) is 1. The number of carbonyl (C=O) groups excluding carboxylic acids is 2. The van der Waals surface area contributed by atoms with E-state index in [0.717, 1.165) is 63.8 Å². The molecule has 0 heterocycles. The van der Waals surface area contributed by atoms with Gasteiger partial charge in [0.1, 0.15) is 5.78 Å².